The Hall–Kier alpha value is -3.02. The van der Waals surface area contributed by atoms with Gasteiger partial charge in [-0.25, -0.2) is 4.79 Å². The Labute approximate surface area is 121 Å². The largest absolute Gasteiger partial charge is 0.465 e. The molecular formula is C15H14N2O4. The van der Waals surface area contributed by atoms with Crippen molar-refractivity contribution in [1.29, 1.82) is 0 Å². The van der Waals surface area contributed by atoms with E-state index in [1.165, 1.54) is 19.2 Å². The van der Waals surface area contributed by atoms with Crippen molar-refractivity contribution in [2.45, 2.75) is 0 Å². The van der Waals surface area contributed by atoms with Gasteiger partial charge in [0.25, 0.3) is 5.91 Å². The van der Waals surface area contributed by atoms with Crippen LogP contribution in [-0.4, -0.2) is 19.0 Å². The van der Waals surface area contributed by atoms with Gasteiger partial charge < -0.3 is 20.9 Å². The molecule has 0 aromatic heterocycles. The number of anilines is 1. The first kappa shape index (κ1) is 14.4. The van der Waals surface area contributed by atoms with Gasteiger partial charge in [-0.3, -0.25) is 4.79 Å². The molecule has 0 spiro atoms. The van der Waals surface area contributed by atoms with Gasteiger partial charge in [-0.15, -0.1) is 0 Å². The summed E-state index contributed by atoms with van der Waals surface area (Å²) in [6.45, 7) is 0. The van der Waals surface area contributed by atoms with E-state index < -0.39 is 11.9 Å². The normalized spacial score (nSPS) is 9.95. The van der Waals surface area contributed by atoms with Crippen LogP contribution >= 0.6 is 0 Å². The third-order valence-electron chi connectivity index (χ3n) is 2.84. The van der Waals surface area contributed by atoms with Crippen LogP contribution in [0.4, 0.5) is 5.69 Å². The molecule has 6 nitrogen and oxygen atoms in total. The number of primary amides is 1. The second-order valence-electron chi connectivity index (χ2n) is 4.17. The number of hydrogen-bond donors (Lipinski definition) is 2. The lowest BCUT2D eigenvalue weighted by Gasteiger charge is -2.12. The maximum Gasteiger partial charge on any atom is 0.340 e. The van der Waals surface area contributed by atoms with Crippen LogP contribution in [0.5, 0.6) is 11.5 Å². The number of methoxy groups -OCH3 is 1. The second kappa shape index (κ2) is 5.96. The Morgan fingerprint density at radius 2 is 1.57 bits per heavy atom. The van der Waals surface area contributed by atoms with Crippen molar-refractivity contribution in [3.05, 3.63) is 53.6 Å². The molecule has 0 unspecified atom stereocenters. The molecule has 0 saturated heterocycles. The van der Waals surface area contributed by atoms with Crippen LogP contribution in [0.15, 0.2) is 42.5 Å². The SMILES string of the molecule is COC(=O)c1cccc(Oc2ccccc2C(N)=O)c1N. The predicted molar refractivity (Wildman–Crippen MR) is 77.2 cm³/mol. The highest BCUT2D eigenvalue weighted by atomic mass is 16.5. The number of para-hydroxylation sites is 2. The Morgan fingerprint density at radius 1 is 0.952 bits per heavy atom. The maximum absolute atomic E-state index is 11.6. The Kier molecular flexibility index (Phi) is 4.08. The fourth-order valence-electron chi connectivity index (χ4n) is 1.80. The highest BCUT2D eigenvalue weighted by Crippen LogP contribution is 2.31. The molecule has 2 rings (SSSR count). The molecule has 0 bridgehead atoms. The third-order valence-corrected chi connectivity index (χ3v) is 2.84. The van der Waals surface area contributed by atoms with Crippen molar-refractivity contribution in [2.75, 3.05) is 12.8 Å². The summed E-state index contributed by atoms with van der Waals surface area (Å²) in [5.41, 5.74) is 11.7. The quantitative estimate of drug-likeness (QED) is 0.660. The summed E-state index contributed by atoms with van der Waals surface area (Å²) < 4.78 is 10.2. The number of rotatable bonds is 4. The van der Waals surface area contributed by atoms with E-state index in [0.29, 0.717) is 0 Å². The Balaban J connectivity index is 2.41. The van der Waals surface area contributed by atoms with Crippen LogP contribution in [0.2, 0.25) is 0 Å². The maximum atomic E-state index is 11.6. The van der Waals surface area contributed by atoms with Crippen molar-refractivity contribution in [1.82, 2.24) is 0 Å². The molecule has 0 heterocycles. The third kappa shape index (κ3) is 2.94. The Morgan fingerprint density at radius 3 is 2.24 bits per heavy atom. The minimum Gasteiger partial charge on any atom is -0.465 e. The summed E-state index contributed by atoms with van der Waals surface area (Å²) in [4.78, 5) is 22.9. The van der Waals surface area contributed by atoms with E-state index in [1.807, 2.05) is 0 Å². The van der Waals surface area contributed by atoms with Gasteiger partial charge >= 0.3 is 5.97 Å². The summed E-state index contributed by atoms with van der Waals surface area (Å²) in [5.74, 6) is -0.681. The van der Waals surface area contributed by atoms with E-state index in [4.69, 9.17) is 16.2 Å². The number of ether oxygens (including phenoxy) is 2. The van der Waals surface area contributed by atoms with Gasteiger partial charge in [0.15, 0.2) is 5.75 Å². The second-order valence-corrected chi connectivity index (χ2v) is 4.17. The van der Waals surface area contributed by atoms with Gasteiger partial charge in [-0.2, -0.15) is 0 Å². The molecular weight excluding hydrogens is 272 g/mol. The van der Waals surface area contributed by atoms with Crippen LogP contribution in [0.3, 0.4) is 0 Å². The zero-order valence-corrected chi connectivity index (χ0v) is 11.3. The first-order valence-electron chi connectivity index (χ1n) is 6.08. The van der Waals surface area contributed by atoms with Crippen LogP contribution < -0.4 is 16.2 Å². The molecule has 21 heavy (non-hydrogen) atoms. The molecule has 0 aliphatic carbocycles. The van der Waals surface area contributed by atoms with Crippen LogP contribution in [-0.2, 0) is 4.74 Å². The van der Waals surface area contributed by atoms with Gasteiger partial charge in [0.2, 0.25) is 0 Å². The number of amides is 1. The summed E-state index contributed by atoms with van der Waals surface area (Å²) in [7, 11) is 1.26. The van der Waals surface area contributed by atoms with Gasteiger partial charge in [0.05, 0.1) is 23.9 Å². The van der Waals surface area contributed by atoms with Gasteiger partial charge in [-0.05, 0) is 24.3 Å². The molecule has 6 heteroatoms. The van der Waals surface area contributed by atoms with E-state index in [1.54, 1.807) is 30.3 Å². The van der Waals surface area contributed by atoms with Crippen molar-refractivity contribution in [3.8, 4) is 11.5 Å². The van der Waals surface area contributed by atoms with E-state index in [9.17, 15) is 9.59 Å². The lowest BCUT2D eigenvalue weighted by atomic mass is 10.1. The smallest absolute Gasteiger partial charge is 0.340 e. The number of esters is 1. The molecule has 0 radical (unpaired) electrons. The molecule has 0 aliphatic heterocycles. The van der Waals surface area contributed by atoms with Gasteiger partial charge in [-0.1, -0.05) is 18.2 Å². The first-order chi connectivity index (χ1) is 10.0. The average Bonchev–Trinajstić information content (AvgIpc) is 2.49. The number of hydrogen-bond acceptors (Lipinski definition) is 5. The summed E-state index contributed by atoms with van der Waals surface area (Å²) in [5, 5.41) is 0. The molecule has 4 N–H and O–H groups in total. The van der Waals surface area contributed by atoms with Crippen LogP contribution in [0, 0.1) is 0 Å². The van der Waals surface area contributed by atoms with Gasteiger partial charge in [0, 0.05) is 0 Å². The molecule has 0 fully saturated rings. The first-order valence-corrected chi connectivity index (χ1v) is 6.08. The number of nitrogen functional groups attached to an aromatic ring is 1. The van der Waals surface area contributed by atoms with Crippen molar-refractivity contribution < 1.29 is 19.1 Å². The highest BCUT2D eigenvalue weighted by molar-refractivity contribution is 5.97. The van der Waals surface area contributed by atoms with E-state index in [2.05, 4.69) is 4.74 Å². The number of nitrogens with two attached hydrogens (primary N) is 2. The fourth-order valence-corrected chi connectivity index (χ4v) is 1.80. The number of carbonyl (C=O) groups excluding carboxylic acids is 2. The number of benzene rings is 2. The van der Waals surface area contributed by atoms with Crippen LogP contribution in [0.25, 0.3) is 0 Å². The number of carbonyl (C=O) groups is 2. The topological polar surface area (TPSA) is 105 Å². The monoisotopic (exact) mass is 286 g/mol. The minimum absolute atomic E-state index is 0.128. The molecule has 2 aromatic rings. The average molecular weight is 286 g/mol. The van der Waals surface area contributed by atoms with Crippen molar-refractivity contribution >= 4 is 17.6 Å². The molecule has 1 amide bonds. The van der Waals surface area contributed by atoms with Crippen molar-refractivity contribution in [3.63, 3.8) is 0 Å². The Bertz CT molecular complexity index is 698. The van der Waals surface area contributed by atoms with Gasteiger partial charge in [0.1, 0.15) is 5.75 Å². The van der Waals surface area contributed by atoms with E-state index in [0.717, 1.165) is 0 Å². The summed E-state index contributed by atoms with van der Waals surface area (Å²) in [6, 6.07) is 11.2. The molecule has 2 aromatic carbocycles. The molecule has 0 atom stereocenters. The summed E-state index contributed by atoms with van der Waals surface area (Å²) >= 11 is 0. The van der Waals surface area contributed by atoms with E-state index in [-0.39, 0.29) is 28.3 Å². The van der Waals surface area contributed by atoms with E-state index >= 15 is 0 Å². The lowest BCUT2D eigenvalue weighted by Crippen LogP contribution is -2.12. The standard InChI is InChI=1S/C15H14N2O4/c1-20-15(19)10-6-4-8-12(13(10)16)21-11-7-3-2-5-9(11)14(17)18/h2-8H,16H2,1H3,(H2,17,18). The summed E-state index contributed by atoms with van der Waals surface area (Å²) in [6.07, 6.45) is 0. The predicted octanol–water partition coefficient (Wildman–Crippen LogP) is 1.95. The minimum atomic E-state index is -0.617. The molecule has 0 aliphatic rings. The van der Waals surface area contributed by atoms with Crippen molar-refractivity contribution in [2.24, 2.45) is 5.73 Å². The zero-order valence-electron chi connectivity index (χ0n) is 11.3. The lowest BCUT2D eigenvalue weighted by molar-refractivity contribution is 0.0601. The van der Waals surface area contributed by atoms with Crippen LogP contribution in [0.1, 0.15) is 20.7 Å². The molecule has 108 valence electrons. The highest BCUT2D eigenvalue weighted by Gasteiger charge is 2.16. The molecule has 0 saturated carbocycles. The fraction of sp³-hybridized carbons (Fsp3) is 0.0667. The zero-order chi connectivity index (χ0) is 15.4.